The number of anilines is 2. The van der Waals surface area contributed by atoms with Crippen LogP contribution in [0.1, 0.15) is 43.0 Å². The fourth-order valence-corrected chi connectivity index (χ4v) is 5.95. The van der Waals surface area contributed by atoms with Gasteiger partial charge in [-0.25, -0.2) is 0 Å². The summed E-state index contributed by atoms with van der Waals surface area (Å²) in [5.74, 6) is 0.0392. The van der Waals surface area contributed by atoms with E-state index in [0.29, 0.717) is 29.5 Å². The summed E-state index contributed by atoms with van der Waals surface area (Å²) in [4.78, 5) is 33.2. The van der Waals surface area contributed by atoms with Gasteiger partial charge in [-0.05, 0) is 44.7 Å². The second-order valence-corrected chi connectivity index (χ2v) is 9.43. The predicted molar refractivity (Wildman–Crippen MR) is 116 cm³/mol. The van der Waals surface area contributed by atoms with Gasteiger partial charge in [0.2, 0.25) is 5.91 Å². The Bertz CT molecular complexity index is 869. The van der Waals surface area contributed by atoms with Crippen LogP contribution in [0.2, 0.25) is 0 Å². The fourth-order valence-electron chi connectivity index (χ4n) is 5.95. The highest BCUT2D eigenvalue weighted by Crippen LogP contribution is 2.46. The van der Waals surface area contributed by atoms with Gasteiger partial charge in [0.1, 0.15) is 6.04 Å². The van der Waals surface area contributed by atoms with E-state index in [-0.39, 0.29) is 29.4 Å². The maximum absolute atomic E-state index is 13.4. The number of carbonyl (C=O) groups is 2. The van der Waals surface area contributed by atoms with Gasteiger partial charge in [0.25, 0.3) is 5.91 Å². The van der Waals surface area contributed by atoms with Crippen LogP contribution in [0, 0.1) is 0 Å². The zero-order valence-electron chi connectivity index (χ0n) is 17.6. The van der Waals surface area contributed by atoms with Crippen LogP contribution in [0.5, 0.6) is 0 Å². The third kappa shape index (κ3) is 2.88. The Morgan fingerprint density at radius 3 is 2.50 bits per heavy atom. The van der Waals surface area contributed by atoms with Crippen LogP contribution in [-0.2, 0) is 4.79 Å². The van der Waals surface area contributed by atoms with Crippen molar-refractivity contribution in [1.82, 2.24) is 20.0 Å². The first-order chi connectivity index (χ1) is 14.4. The summed E-state index contributed by atoms with van der Waals surface area (Å²) in [6.45, 7) is 6.61. The monoisotopic (exact) mass is 412 g/mol. The lowest BCUT2D eigenvalue weighted by molar-refractivity contribution is -0.135. The van der Waals surface area contributed by atoms with E-state index >= 15 is 0 Å². The van der Waals surface area contributed by atoms with Crippen LogP contribution in [0.25, 0.3) is 0 Å². The van der Waals surface area contributed by atoms with E-state index in [1.54, 1.807) is 18.2 Å². The number of benzene rings is 1. The molecule has 0 aromatic heterocycles. The number of nitrogen functional groups attached to an aromatic ring is 2. The largest absolute Gasteiger partial charge is 0.397 e. The van der Waals surface area contributed by atoms with Gasteiger partial charge in [-0.2, -0.15) is 0 Å². The molecule has 4 aliphatic heterocycles. The number of para-hydroxylation sites is 1. The van der Waals surface area contributed by atoms with Crippen molar-refractivity contribution < 1.29 is 9.59 Å². The van der Waals surface area contributed by atoms with Crippen molar-refractivity contribution in [1.29, 1.82) is 0 Å². The maximum Gasteiger partial charge on any atom is 0.256 e. The standard InChI is InChI=1S/C22H32N6O2/c1-14-12-27-11-10-26(14)13-17(27)20(29)25-18-6-9-28(22(18)7-3-8-22)21(30)15-4-2-5-16(23)19(15)24/h2,4-5,14,17-18H,3,6-13,23-24H2,1H3,(H,25,29). The van der Waals surface area contributed by atoms with E-state index in [0.717, 1.165) is 51.9 Å². The van der Waals surface area contributed by atoms with Crippen molar-refractivity contribution in [2.75, 3.05) is 44.2 Å². The highest BCUT2D eigenvalue weighted by Gasteiger charge is 2.55. The molecule has 1 aromatic rings. The highest BCUT2D eigenvalue weighted by molar-refractivity contribution is 6.02. The topological polar surface area (TPSA) is 108 Å². The second kappa shape index (κ2) is 7.13. The van der Waals surface area contributed by atoms with Gasteiger partial charge >= 0.3 is 0 Å². The fraction of sp³-hybridized carbons (Fsp3) is 0.636. The van der Waals surface area contributed by atoms with Gasteiger partial charge in [-0.1, -0.05) is 6.07 Å². The number of piperazine rings is 3. The SMILES string of the molecule is CC1CN2CCN1CC2C(=O)NC1CCN(C(=O)c2cccc(N)c2N)C12CCC2. The molecule has 1 aromatic carbocycles. The Hall–Kier alpha value is -2.32. The van der Waals surface area contributed by atoms with Crippen molar-refractivity contribution in [3.8, 4) is 0 Å². The molecule has 4 heterocycles. The van der Waals surface area contributed by atoms with Gasteiger partial charge in [0.15, 0.2) is 0 Å². The lowest BCUT2D eigenvalue weighted by Crippen LogP contribution is -2.70. The molecule has 2 amide bonds. The molecule has 162 valence electrons. The average molecular weight is 413 g/mol. The van der Waals surface area contributed by atoms with Gasteiger partial charge < -0.3 is 21.7 Å². The van der Waals surface area contributed by atoms with E-state index in [2.05, 4.69) is 22.0 Å². The molecule has 5 N–H and O–H groups in total. The van der Waals surface area contributed by atoms with E-state index < -0.39 is 0 Å². The third-order valence-electron chi connectivity index (χ3n) is 7.93. The molecule has 1 aliphatic carbocycles. The van der Waals surface area contributed by atoms with E-state index in [1.165, 1.54) is 0 Å². The van der Waals surface area contributed by atoms with Crippen molar-refractivity contribution in [3.63, 3.8) is 0 Å². The van der Waals surface area contributed by atoms with Crippen LogP contribution in [-0.4, -0.2) is 82.9 Å². The molecule has 5 fully saturated rings. The van der Waals surface area contributed by atoms with E-state index in [4.69, 9.17) is 11.5 Å². The van der Waals surface area contributed by atoms with Gasteiger partial charge in [0, 0.05) is 38.8 Å². The highest BCUT2D eigenvalue weighted by atomic mass is 16.2. The molecule has 1 spiro atoms. The summed E-state index contributed by atoms with van der Waals surface area (Å²) in [5, 5.41) is 3.35. The second-order valence-electron chi connectivity index (χ2n) is 9.43. The molecule has 8 heteroatoms. The number of rotatable bonds is 3. The minimum atomic E-state index is -0.291. The van der Waals surface area contributed by atoms with Gasteiger partial charge in [0.05, 0.1) is 28.5 Å². The van der Waals surface area contributed by atoms with Crippen molar-refractivity contribution in [3.05, 3.63) is 23.8 Å². The van der Waals surface area contributed by atoms with Gasteiger partial charge in [-0.3, -0.25) is 19.4 Å². The normalized spacial score (nSPS) is 34.0. The molecule has 5 unspecified atom stereocenters. The number of carbonyl (C=O) groups excluding carboxylic acids is 2. The Morgan fingerprint density at radius 2 is 1.87 bits per heavy atom. The molecule has 6 rings (SSSR count). The Kier molecular flexibility index (Phi) is 4.67. The first-order valence-electron chi connectivity index (χ1n) is 11.1. The molecule has 5 atom stereocenters. The zero-order valence-corrected chi connectivity index (χ0v) is 17.6. The number of hydrogen-bond donors (Lipinski definition) is 3. The Labute approximate surface area is 177 Å². The number of hydrogen-bond acceptors (Lipinski definition) is 6. The van der Waals surface area contributed by atoms with Gasteiger partial charge in [-0.15, -0.1) is 0 Å². The average Bonchev–Trinajstić information content (AvgIpc) is 3.09. The maximum atomic E-state index is 13.4. The van der Waals surface area contributed by atoms with Crippen LogP contribution < -0.4 is 16.8 Å². The molecule has 1 saturated carbocycles. The van der Waals surface area contributed by atoms with Crippen LogP contribution >= 0.6 is 0 Å². The quantitative estimate of drug-likeness (QED) is 0.624. The van der Waals surface area contributed by atoms with Crippen LogP contribution in [0.15, 0.2) is 18.2 Å². The minimum absolute atomic E-state index is 0.000870. The van der Waals surface area contributed by atoms with Crippen molar-refractivity contribution >= 4 is 23.2 Å². The summed E-state index contributed by atoms with van der Waals surface area (Å²) in [6, 6.07) is 5.66. The lowest BCUT2D eigenvalue weighted by Gasteiger charge is -2.52. The lowest BCUT2D eigenvalue weighted by atomic mass is 9.71. The predicted octanol–water partition coefficient (Wildman–Crippen LogP) is 0.493. The first-order valence-corrected chi connectivity index (χ1v) is 11.1. The summed E-state index contributed by atoms with van der Waals surface area (Å²) >= 11 is 0. The molecule has 30 heavy (non-hydrogen) atoms. The van der Waals surface area contributed by atoms with E-state index in [9.17, 15) is 9.59 Å². The molecule has 4 saturated heterocycles. The summed E-state index contributed by atoms with van der Waals surface area (Å²) < 4.78 is 0. The number of fused-ring (bicyclic) bond motifs is 3. The number of nitrogens with two attached hydrogens (primary N) is 2. The molecular formula is C22H32N6O2. The van der Waals surface area contributed by atoms with Crippen molar-refractivity contribution in [2.45, 2.75) is 56.3 Å². The smallest absolute Gasteiger partial charge is 0.256 e. The third-order valence-corrected chi connectivity index (χ3v) is 7.93. The Morgan fingerprint density at radius 1 is 1.10 bits per heavy atom. The van der Waals surface area contributed by atoms with Crippen LogP contribution in [0.4, 0.5) is 11.4 Å². The summed E-state index contributed by atoms with van der Waals surface area (Å²) in [5.41, 5.74) is 13.0. The Balaban J connectivity index is 1.32. The summed E-state index contributed by atoms with van der Waals surface area (Å²) in [7, 11) is 0. The number of amides is 2. The van der Waals surface area contributed by atoms with E-state index in [1.807, 2.05) is 4.90 Å². The van der Waals surface area contributed by atoms with Crippen LogP contribution in [0.3, 0.4) is 0 Å². The van der Waals surface area contributed by atoms with Crippen molar-refractivity contribution in [2.24, 2.45) is 0 Å². The first kappa shape index (κ1) is 19.6. The molecule has 8 nitrogen and oxygen atoms in total. The summed E-state index contributed by atoms with van der Waals surface area (Å²) in [6.07, 6.45) is 3.70. The zero-order chi connectivity index (χ0) is 21.0. The molecule has 2 bridgehead atoms. The number of likely N-dealkylation sites (tertiary alicyclic amines) is 1. The molecule has 0 radical (unpaired) electrons. The number of nitrogens with one attached hydrogen (secondary N) is 1. The number of nitrogens with zero attached hydrogens (tertiary/aromatic N) is 3. The minimum Gasteiger partial charge on any atom is -0.397 e. The molecule has 5 aliphatic rings. The molecular weight excluding hydrogens is 380 g/mol.